The molecule has 25 heavy (non-hydrogen) atoms. The third-order valence-corrected chi connectivity index (χ3v) is 7.44. The fraction of sp³-hybridized carbons (Fsp3) is 0.810. The van der Waals surface area contributed by atoms with Crippen molar-refractivity contribution in [2.45, 2.75) is 108 Å². The van der Waals surface area contributed by atoms with Crippen molar-refractivity contribution in [3.8, 4) is 0 Å². The van der Waals surface area contributed by atoms with Gasteiger partial charge in [0.05, 0.1) is 0 Å². The van der Waals surface area contributed by atoms with Crippen LogP contribution < -0.4 is 0 Å². The molecule has 0 spiro atoms. The van der Waals surface area contributed by atoms with E-state index in [0.717, 1.165) is 16.7 Å². The molecule has 0 aliphatic heterocycles. The number of hydrogen-bond donors (Lipinski definition) is 0. The molecule has 3 nitrogen and oxygen atoms in total. The van der Waals surface area contributed by atoms with Gasteiger partial charge in [0.1, 0.15) is 0 Å². The van der Waals surface area contributed by atoms with Crippen LogP contribution in [0.2, 0.25) is 0 Å². The Morgan fingerprint density at radius 2 is 1.24 bits per heavy atom. The highest BCUT2D eigenvalue weighted by atomic mass is 32.1. The summed E-state index contributed by atoms with van der Waals surface area (Å²) in [5, 5.41) is 4.90. The highest BCUT2D eigenvalue weighted by molar-refractivity contribution is 7.17. The van der Waals surface area contributed by atoms with Gasteiger partial charge in [-0.2, -0.15) is 5.10 Å². The van der Waals surface area contributed by atoms with Crippen molar-refractivity contribution in [3.63, 3.8) is 0 Å². The summed E-state index contributed by atoms with van der Waals surface area (Å²) in [6.07, 6.45) is 23.0. The molecule has 4 rings (SSSR count). The Morgan fingerprint density at radius 1 is 0.720 bits per heavy atom. The number of rotatable bonds is 2. The van der Waals surface area contributed by atoms with Crippen molar-refractivity contribution in [2.75, 3.05) is 0 Å². The molecular weight excluding hydrogens is 326 g/mol. The molecule has 138 valence electrons. The van der Waals surface area contributed by atoms with E-state index < -0.39 is 0 Å². The van der Waals surface area contributed by atoms with Gasteiger partial charge in [-0.05, 0) is 31.6 Å². The lowest BCUT2D eigenvalue weighted by atomic mass is 9.91. The lowest BCUT2D eigenvalue weighted by Crippen LogP contribution is -2.05. The second-order valence-corrected chi connectivity index (χ2v) is 9.31. The average Bonchev–Trinajstić information content (AvgIpc) is 3.16. The SMILES string of the molecule is c1c(C2CCCCCCCC2)sc2nc(C3CCCCCCC3)nn12. The zero-order valence-corrected chi connectivity index (χ0v) is 16.4. The van der Waals surface area contributed by atoms with E-state index >= 15 is 0 Å². The fourth-order valence-electron chi connectivity index (χ4n) is 4.72. The topological polar surface area (TPSA) is 30.2 Å². The lowest BCUT2D eigenvalue weighted by Gasteiger charge is -2.16. The molecule has 2 aliphatic carbocycles. The van der Waals surface area contributed by atoms with E-state index in [0.29, 0.717) is 5.92 Å². The Labute approximate surface area is 156 Å². The smallest absolute Gasteiger partial charge is 0.211 e. The Hall–Kier alpha value is -0.900. The van der Waals surface area contributed by atoms with Crippen molar-refractivity contribution < 1.29 is 0 Å². The quantitative estimate of drug-likeness (QED) is 0.588. The Bertz CT molecular complexity index is 610. The van der Waals surface area contributed by atoms with Gasteiger partial charge < -0.3 is 0 Å². The zero-order valence-electron chi connectivity index (χ0n) is 15.6. The zero-order chi connectivity index (χ0) is 16.9. The molecule has 2 aromatic rings. The van der Waals surface area contributed by atoms with Gasteiger partial charge in [0.15, 0.2) is 5.82 Å². The molecule has 2 fully saturated rings. The third-order valence-electron chi connectivity index (χ3n) is 6.30. The molecule has 2 aromatic heterocycles. The molecule has 0 amide bonds. The first-order chi connectivity index (χ1) is 12.4. The second-order valence-electron chi connectivity index (χ2n) is 8.27. The summed E-state index contributed by atoms with van der Waals surface area (Å²) in [6, 6.07) is 0. The van der Waals surface area contributed by atoms with Crippen LogP contribution in [0.4, 0.5) is 0 Å². The second kappa shape index (κ2) is 8.66. The van der Waals surface area contributed by atoms with E-state index in [9.17, 15) is 0 Å². The molecule has 4 heteroatoms. The molecule has 2 aliphatic rings. The van der Waals surface area contributed by atoms with Crippen LogP contribution in [0.25, 0.3) is 4.96 Å². The van der Waals surface area contributed by atoms with Gasteiger partial charge in [-0.1, -0.05) is 82.0 Å². The molecule has 0 N–H and O–H groups in total. The summed E-state index contributed by atoms with van der Waals surface area (Å²) in [5.41, 5.74) is 0. The van der Waals surface area contributed by atoms with Gasteiger partial charge in [0.25, 0.3) is 0 Å². The number of hydrogen-bond acceptors (Lipinski definition) is 3. The lowest BCUT2D eigenvalue weighted by molar-refractivity contribution is 0.442. The fourth-order valence-corrected chi connectivity index (χ4v) is 5.82. The van der Waals surface area contributed by atoms with E-state index in [1.807, 2.05) is 11.3 Å². The van der Waals surface area contributed by atoms with Gasteiger partial charge >= 0.3 is 0 Å². The van der Waals surface area contributed by atoms with Crippen LogP contribution in [0.5, 0.6) is 0 Å². The van der Waals surface area contributed by atoms with Crippen molar-refractivity contribution in [2.24, 2.45) is 0 Å². The van der Waals surface area contributed by atoms with Gasteiger partial charge in [-0.25, -0.2) is 9.50 Å². The maximum Gasteiger partial charge on any atom is 0.212 e. The normalized spacial score (nSPS) is 22.9. The molecule has 2 heterocycles. The summed E-state index contributed by atoms with van der Waals surface area (Å²) >= 11 is 1.91. The summed E-state index contributed by atoms with van der Waals surface area (Å²) < 4.78 is 2.10. The molecule has 0 atom stereocenters. The minimum Gasteiger partial charge on any atom is -0.211 e. The van der Waals surface area contributed by atoms with Crippen molar-refractivity contribution >= 4 is 16.3 Å². The Balaban J connectivity index is 1.48. The Kier molecular flexibility index (Phi) is 6.06. The summed E-state index contributed by atoms with van der Waals surface area (Å²) in [6.45, 7) is 0. The molecule has 0 unspecified atom stereocenters. The van der Waals surface area contributed by atoms with E-state index in [2.05, 4.69) is 10.7 Å². The van der Waals surface area contributed by atoms with E-state index in [1.54, 1.807) is 0 Å². The first kappa shape index (κ1) is 17.5. The van der Waals surface area contributed by atoms with Gasteiger partial charge in [-0.15, -0.1) is 0 Å². The summed E-state index contributed by atoms with van der Waals surface area (Å²) in [5.74, 6) is 2.46. The number of fused-ring (bicyclic) bond motifs is 1. The number of aromatic nitrogens is 3. The van der Waals surface area contributed by atoms with Crippen LogP contribution >= 0.6 is 11.3 Å². The molecular formula is C21H33N3S. The van der Waals surface area contributed by atoms with Gasteiger partial charge in [0, 0.05) is 17.0 Å². The van der Waals surface area contributed by atoms with Crippen LogP contribution in [0.15, 0.2) is 6.20 Å². The van der Waals surface area contributed by atoms with E-state index in [-0.39, 0.29) is 0 Å². The van der Waals surface area contributed by atoms with Crippen LogP contribution in [-0.4, -0.2) is 14.6 Å². The van der Waals surface area contributed by atoms with Crippen LogP contribution in [0, 0.1) is 0 Å². The highest BCUT2D eigenvalue weighted by Crippen LogP contribution is 2.35. The minimum atomic E-state index is 0.598. The third kappa shape index (κ3) is 4.45. The first-order valence-electron chi connectivity index (χ1n) is 10.8. The average molecular weight is 360 g/mol. The van der Waals surface area contributed by atoms with E-state index in [1.165, 1.54) is 101 Å². The minimum absolute atomic E-state index is 0.598. The van der Waals surface area contributed by atoms with Crippen molar-refractivity contribution in [3.05, 3.63) is 16.9 Å². The molecule has 0 aromatic carbocycles. The predicted octanol–water partition coefficient (Wildman–Crippen LogP) is 6.84. The first-order valence-corrected chi connectivity index (χ1v) is 11.6. The molecule has 0 bridgehead atoms. The molecule has 2 saturated carbocycles. The highest BCUT2D eigenvalue weighted by Gasteiger charge is 2.21. The van der Waals surface area contributed by atoms with E-state index in [4.69, 9.17) is 10.1 Å². The van der Waals surface area contributed by atoms with Crippen molar-refractivity contribution in [1.82, 2.24) is 14.6 Å². The predicted molar refractivity (Wildman–Crippen MR) is 106 cm³/mol. The Morgan fingerprint density at radius 3 is 1.80 bits per heavy atom. The van der Waals surface area contributed by atoms with Crippen molar-refractivity contribution in [1.29, 1.82) is 0 Å². The molecule has 0 radical (unpaired) electrons. The number of thiazole rings is 1. The van der Waals surface area contributed by atoms with Crippen LogP contribution in [-0.2, 0) is 0 Å². The van der Waals surface area contributed by atoms with Crippen LogP contribution in [0.3, 0.4) is 0 Å². The largest absolute Gasteiger partial charge is 0.212 e. The van der Waals surface area contributed by atoms with Gasteiger partial charge in [0.2, 0.25) is 4.96 Å². The maximum atomic E-state index is 4.96. The van der Waals surface area contributed by atoms with Crippen LogP contribution in [0.1, 0.15) is 119 Å². The summed E-state index contributed by atoms with van der Waals surface area (Å²) in [4.78, 5) is 7.62. The summed E-state index contributed by atoms with van der Waals surface area (Å²) in [7, 11) is 0. The molecule has 0 saturated heterocycles. The maximum absolute atomic E-state index is 4.96. The van der Waals surface area contributed by atoms with Gasteiger partial charge in [-0.3, -0.25) is 0 Å². The standard InChI is InChI=1S/C21H33N3S/c1-2-5-9-13-17(12-8-4-1)19-16-24-21(25-19)22-20(23-24)18-14-10-6-3-7-11-15-18/h16-18H,1-15H2. The number of nitrogens with zero attached hydrogens (tertiary/aromatic N) is 3. The monoisotopic (exact) mass is 359 g/mol.